The first kappa shape index (κ1) is 16.0. The van der Waals surface area contributed by atoms with Crippen LogP contribution in [0, 0.1) is 6.92 Å². The molecule has 1 aromatic rings. The Bertz CT molecular complexity index is 424. The summed E-state index contributed by atoms with van der Waals surface area (Å²) in [6.45, 7) is 2.04. The van der Waals surface area contributed by atoms with Crippen molar-refractivity contribution < 1.29 is 4.79 Å². The standard InChI is InChI=1S/C15H22N2O.ClH/c1-12-6-8-13(9-7-12)17(2)14(18)15(16)10-4-3-5-11-15;/h6-9H,3-5,10-11,16H2,1-2H3;1H. The normalized spacial score (nSPS) is 17.4. The Balaban J connectivity index is 0.00000180. The van der Waals surface area contributed by atoms with Gasteiger partial charge in [-0.1, -0.05) is 37.0 Å². The van der Waals surface area contributed by atoms with Gasteiger partial charge in [-0.05, 0) is 31.9 Å². The number of nitrogens with zero attached hydrogens (tertiary/aromatic N) is 1. The van der Waals surface area contributed by atoms with Crippen molar-refractivity contribution in [3.63, 3.8) is 0 Å². The molecule has 0 saturated heterocycles. The van der Waals surface area contributed by atoms with Gasteiger partial charge in [0.1, 0.15) is 0 Å². The van der Waals surface area contributed by atoms with E-state index in [-0.39, 0.29) is 18.3 Å². The van der Waals surface area contributed by atoms with E-state index in [9.17, 15) is 4.79 Å². The van der Waals surface area contributed by atoms with E-state index in [1.807, 2.05) is 38.2 Å². The van der Waals surface area contributed by atoms with Crippen molar-refractivity contribution in [2.45, 2.75) is 44.6 Å². The highest BCUT2D eigenvalue weighted by atomic mass is 35.5. The van der Waals surface area contributed by atoms with Crippen molar-refractivity contribution in [1.29, 1.82) is 0 Å². The lowest BCUT2D eigenvalue weighted by Crippen LogP contribution is -2.55. The van der Waals surface area contributed by atoms with Crippen LogP contribution >= 0.6 is 12.4 Å². The van der Waals surface area contributed by atoms with E-state index >= 15 is 0 Å². The Hall–Kier alpha value is -1.06. The molecule has 2 N–H and O–H groups in total. The number of carbonyl (C=O) groups excluding carboxylic acids is 1. The number of aryl methyl sites for hydroxylation is 1. The van der Waals surface area contributed by atoms with Crippen molar-refractivity contribution in [3.8, 4) is 0 Å². The van der Waals surface area contributed by atoms with Gasteiger partial charge in [-0.25, -0.2) is 0 Å². The van der Waals surface area contributed by atoms with Crippen molar-refractivity contribution in [2.75, 3.05) is 11.9 Å². The van der Waals surface area contributed by atoms with Crippen LogP contribution < -0.4 is 10.6 Å². The molecule has 19 heavy (non-hydrogen) atoms. The van der Waals surface area contributed by atoms with Crippen LogP contribution in [0.2, 0.25) is 0 Å². The molecule has 0 heterocycles. The predicted molar refractivity (Wildman–Crippen MR) is 81.8 cm³/mol. The molecule has 1 aliphatic carbocycles. The maximum Gasteiger partial charge on any atom is 0.246 e. The lowest BCUT2D eigenvalue weighted by molar-refractivity contribution is -0.124. The number of benzene rings is 1. The number of rotatable bonds is 2. The molecule has 0 aliphatic heterocycles. The molecule has 0 atom stereocenters. The van der Waals surface area contributed by atoms with E-state index < -0.39 is 5.54 Å². The van der Waals surface area contributed by atoms with Gasteiger partial charge in [0.25, 0.3) is 0 Å². The highest BCUT2D eigenvalue weighted by Gasteiger charge is 2.37. The minimum Gasteiger partial charge on any atom is -0.317 e. The molecule has 0 spiro atoms. The smallest absolute Gasteiger partial charge is 0.246 e. The van der Waals surface area contributed by atoms with Crippen molar-refractivity contribution in [2.24, 2.45) is 5.73 Å². The van der Waals surface area contributed by atoms with Crippen LogP contribution in [0.15, 0.2) is 24.3 Å². The summed E-state index contributed by atoms with van der Waals surface area (Å²) in [5, 5.41) is 0. The fraction of sp³-hybridized carbons (Fsp3) is 0.533. The van der Waals surface area contributed by atoms with Crippen LogP contribution in [0.25, 0.3) is 0 Å². The van der Waals surface area contributed by atoms with E-state index in [1.54, 1.807) is 4.90 Å². The number of hydrogen-bond donors (Lipinski definition) is 1. The zero-order valence-electron chi connectivity index (χ0n) is 11.7. The maximum atomic E-state index is 12.5. The minimum absolute atomic E-state index is 0. The lowest BCUT2D eigenvalue weighted by atomic mass is 9.81. The largest absolute Gasteiger partial charge is 0.317 e. The summed E-state index contributed by atoms with van der Waals surface area (Å²) < 4.78 is 0. The van der Waals surface area contributed by atoms with E-state index in [1.165, 1.54) is 12.0 Å². The molecular formula is C15H23ClN2O. The summed E-state index contributed by atoms with van der Waals surface area (Å²) in [7, 11) is 1.82. The third-order valence-electron chi connectivity index (χ3n) is 3.90. The molecule has 0 unspecified atom stereocenters. The van der Waals surface area contributed by atoms with Gasteiger partial charge in [0.15, 0.2) is 0 Å². The van der Waals surface area contributed by atoms with E-state index in [0.29, 0.717) is 0 Å². The van der Waals surface area contributed by atoms with Gasteiger partial charge < -0.3 is 10.6 Å². The first-order chi connectivity index (χ1) is 8.53. The molecule has 4 heteroatoms. The second-order valence-electron chi connectivity index (χ2n) is 5.42. The van der Waals surface area contributed by atoms with Gasteiger partial charge in [-0.2, -0.15) is 0 Å². The van der Waals surface area contributed by atoms with Crippen LogP contribution in [0.4, 0.5) is 5.69 Å². The molecule has 0 aromatic heterocycles. The second-order valence-corrected chi connectivity index (χ2v) is 5.42. The Kier molecular flexibility index (Phi) is 5.39. The summed E-state index contributed by atoms with van der Waals surface area (Å²) in [5.74, 6) is 0.0473. The monoisotopic (exact) mass is 282 g/mol. The van der Waals surface area contributed by atoms with Gasteiger partial charge in [-0.3, -0.25) is 4.79 Å². The van der Waals surface area contributed by atoms with Gasteiger partial charge in [0, 0.05) is 12.7 Å². The maximum absolute atomic E-state index is 12.5. The summed E-state index contributed by atoms with van der Waals surface area (Å²) in [6, 6.07) is 7.98. The molecule has 1 aliphatic rings. The Morgan fingerprint density at radius 3 is 2.21 bits per heavy atom. The van der Waals surface area contributed by atoms with Gasteiger partial charge in [0.2, 0.25) is 5.91 Å². The fourth-order valence-electron chi connectivity index (χ4n) is 2.62. The van der Waals surface area contributed by atoms with Gasteiger partial charge in [0.05, 0.1) is 5.54 Å². The number of amides is 1. The number of anilines is 1. The molecule has 1 amide bonds. The van der Waals surface area contributed by atoms with Gasteiger partial charge in [-0.15, -0.1) is 12.4 Å². The van der Waals surface area contributed by atoms with Crippen LogP contribution in [0.1, 0.15) is 37.7 Å². The van der Waals surface area contributed by atoms with Crippen molar-refractivity contribution >= 4 is 24.0 Å². The minimum atomic E-state index is -0.655. The number of hydrogen-bond acceptors (Lipinski definition) is 2. The average molecular weight is 283 g/mol. The average Bonchev–Trinajstić information content (AvgIpc) is 2.39. The van der Waals surface area contributed by atoms with Crippen LogP contribution in [0.3, 0.4) is 0 Å². The Morgan fingerprint density at radius 2 is 1.68 bits per heavy atom. The molecule has 1 aromatic carbocycles. The molecule has 0 bridgehead atoms. The summed E-state index contributed by atoms with van der Waals surface area (Å²) in [6.07, 6.45) is 4.93. The zero-order chi connectivity index (χ0) is 13.2. The third-order valence-corrected chi connectivity index (χ3v) is 3.90. The van der Waals surface area contributed by atoms with E-state index in [2.05, 4.69) is 0 Å². The predicted octanol–water partition coefficient (Wildman–Crippen LogP) is 3.04. The number of carbonyl (C=O) groups is 1. The zero-order valence-corrected chi connectivity index (χ0v) is 12.5. The molecule has 1 saturated carbocycles. The first-order valence-corrected chi connectivity index (χ1v) is 6.67. The topological polar surface area (TPSA) is 46.3 Å². The summed E-state index contributed by atoms with van der Waals surface area (Å²) in [4.78, 5) is 14.2. The second kappa shape index (κ2) is 6.40. The van der Waals surface area contributed by atoms with Crippen LogP contribution in [0.5, 0.6) is 0 Å². The molecule has 2 rings (SSSR count). The SMILES string of the molecule is Cc1ccc(N(C)C(=O)C2(N)CCCCC2)cc1.Cl. The Morgan fingerprint density at radius 1 is 1.16 bits per heavy atom. The van der Waals surface area contributed by atoms with Crippen molar-refractivity contribution in [3.05, 3.63) is 29.8 Å². The molecular weight excluding hydrogens is 260 g/mol. The third kappa shape index (κ3) is 3.48. The van der Waals surface area contributed by atoms with Gasteiger partial charge >= 0.3 is 0 Å². The molecule has 1 fully saturated rings. The highest BCUT2D eigenvalue weighted by Crippen LogP contribution is 2.29. The van der Waals surface area contributed by atoms with E-state index in [0.717, 1.165) is 31.4 Å². The van der Waals surface area contributed by atoms with Crippen LogP contribution in [-0.2, 0) is 4.79 Å². The fourth-order valence-corrected chi connectivity index (χ4v) is 2.62. The number of likely N-dealkylation sites (N-methyl/N-ethyl adjacent to an activating group) is 1. The summed E-state index contributed by atoms with van der Waals surface area (Å²) >= 11 is 0. The molecule has 0 radical (unpaired) electrons. The first-order valence-electron chi connectivity index (χ1n) is 6.67. The van der Waals surface area contributed by atoms with Crippen molar-refractivity contribution in [1.82, 2.24) is 0 Å². The summed E-state index contributed by atoms with van der Waals surface area (Å²) in [5.41, 5.74) is 7.74. The quantitative estimate of drug-likeness (QED) is 0.906. The van der Waals surface area contributed by atoms with E-state index in [4.69, 9.17) is 5.73 Å². The lowest BCUT2D eigenvalue weighted by Gasteiger charge is -2.35. The number of nitrogens with two attached hydrogens (primary N) is 1. The van der Waals surface area contributed by atoms with Crippen LogP contribution in [-0.4, -0.2) is 18.5 Å². The highest BCUT2D eigenvalue weighted by molar-refractivity contribution is 5.99. The molecule has 3 nitrogen and oxygen atoms in total. The number of halogens is 1. The molecule has 106 valence electrons. The Labute approximate surface area is 121 Å².